The predicted molar refractivity (Wildman–Crippen MR) is 79.9 cm³/mol. The van der Waals surface area contributed by atoms with E-state index >= 15 is 0 Å². The maximum absolute atomic E-state index is 10.8. The number of benzene rings is 1. The molecule has 0 saturated heterocycles. The van der Waals surface area contributed by atoms with Crippen LogP contribution in [-0.4, -0.2) is 18.0 Å². The summed E-state index contributed by atoms with van der Waals surface area (Å²) in [5.74, 6) is 0.630. The Bertz CT molecular complexity index is 512. The number of hydrogen-bond acceptors (Lipinski definition) is 4. The number of nitriles is 1. The molecule has 108 valence electrons. The summed E-state index contributed by atoms with van der Waals surface area (Å²) in [6, 6.07) is 6.82. The van der Waals surface area contributed by atoms with Gasteiger partial charge < -0.3 is 4.90 Å². The summed E-state index contributed by atoms with van der Waals surface area (Å²) in [4.78, 5) is 12.4. The number of nitro benzene ring substituents is 1. The average molecular weight is 296 g/mol. The third kappa shape index (κ3) is 4.39. The molecule has 0 bridgehead atoms. The van der Waals surface area contributed by atoms with E-state index in [2.05, 4.69) is 24.8 Å². The molecule has 6 heteroatoms. The Labute approximate surface area is 123 Å². The first-order valence-electron chi connectivity index (χ1n) is 6.44. The first kappa shape index (κ1) is 16.3. The molecular formula is C14H18ClN3O2. The molecule has 1 aromatic rings. The SMILES string of the molecule is CC(C)CN(CCC#N)c1ccc([N+](=O)[O-])cc1CCl. The quantitative estimate of drug-likeness (QED) is 0.437. The van der Waals surface area contributed by atoms with E-state index in [1.54, 1.807) is 6.07 Å². The Morgan fingerprint density at radius 2 is 2.20 bits per heavy atom. The lowest BCUT2D eigenvalue weighted by Gasteiger charge is -2.27. The van der Waals surface area contributed by atoms with Crippen molar-refractivity contribution in [2.24, 2.45) is 5.92 Å². The topological polar surface area (TPSA) is 70.2 Å². The van der Waals surface area contributed by atoms with Gasteiger partial charge in [-0.2, -0.15) is 5.26 Å². The molecule has 1 aromatic carbocycles. The minimum absolute atomic E-state index is 0.0363. The van der Waals surface area contributed by atoms with Crippen molar-refractivity contribution in [1.29, 1.82) is 5.26 Å². The fraction of sp³-hybridized carbons (Fsp3) is 0.500. The second kappa shape index (κ2) is 7.71. The molecule has 0 atom stereocenters. The van der Waals surface area contributed by atoms with Crippen molar-refractivity contribution in [3.8, 4) is 6.07 Å². The van der Waals surface area contributed by atoms with Gasteiger partial charge in [-0.15, -0.1) is 11.6 Å². The largest absolute Gasteiger partial charge is 0.370 e. The summed E-state index contributed by atoms with van der Waals surface area (Å²) in [6.45, 7) is 5.55. The molecule has 0 amide bonds. The number of alkyl halides is 1. The minimum Gasteiger partial charge on any atom is -0.370 e. The van der Waals surface area contributed by atoms with Gasteiger partial charge in [-0.1, -0.05) is 13.8 Å². The Kier molecular flexibility index (Phi) is 6.26. The van der Waals surface area contributed by atoms with Gasteiger partial charge in [-0.3, -0.25) is 10.1 Å². The van der Waals surface area contributed by atoms with E-state index < -0.39 is 4.92 Å². The van der Waals surface area contributed by atoms with Gasteiger partial charge in [0.1, 0.15) is 0 Å². The first-order valence-corrected chi connectivity index (χ1v) is 6.98. The van der Waals surface area contributed by atoms with Crippen molar-refractivity contribution >= 4 is 23.0 Å². The number of nitro groups is 1. The molecule has 0 spiro atoms. The Morgan fingerprint density at radius 3 is 2.70 bits per heavy atom. The van der Waals surface area contributed by atoms with E-state index in [4.69, 9.17) is 16.9 Å². The third-order valence-corrected chi connectivity index (χ3v) is 3.13. The molecule has 0 heterocycles. The normalized spacial score (nSPS) is 10.3. The number of non-ortho nitro benzene ring substituents is 1. The molecule has 0 unspecified atom stereocenters. The Balaban J connectivity index is 3.11. The molecular weight excluding hydrogens is 278 g/mol. The van der Waals surface area contributed by atoms with Crippen molar-refractivity contribution in [3.05, 3.63) is 33.9 Å². The number of halogens is 1. The van der Waals surface area contributed by atoms with E-state index in [1.165, 1.54) is 12.1 Å². The molecule has 0 aromatic heterocycles. The summed E-state index contributed by atoms with van der Waals surface area (Å²) in [7, 11) is 0. The third-order valence-electron chi connectivity index (χ3n) is 2.84. The van der Waals surface area contributed by atoms with Gasteiger partial charge in [0.05, 0.1) is 17.4 Å². The maximum atomic E-state index is 10.8. The Hall–Kier alpha value is -1.80. The fourth-order valence-electron chi connectivity index (χ4n) is 2.04. The summed E-state index contributed by atoms with van der Waals surface area (Å²) >= 11 is 5.91. The van der Waals surface area contributed by atoms with Crippen molar-refractivity contribution in [3.63, 3.8) is 0 Å². The number of hydrogen-bond donors (Lipinski definition) is 0. The first-order chi connectivity index (χ1) is 9.49. The molecule has 0 fully saturated rings. The maximum Gasteiger partial charge on any atom is 0.269 e. The highest BCUT2D eigenvalue weighted by Gasteiger charge is 2.16. The van der Waals surface area contributed by atoms with Crippen LogP contribution >= 0.6 is 11.6 Å². The zero-order valence-electron chi connectivity index (χ0n) is 11.7. The van der Waals surface area contributed by atoms with Crippen LogP contribution in [0.15, 0.2) is 18.2 Å². The van der Waals surface area contributed by atoms with Crippen molar-refractivity contribution in [2.45, 2.75) is 26.1 Å². The lowest BCUT2D eigenvalue weighted by molar-refractivity contribution is -0.384. The van der Waals surface area contributed by atoms with E-state index in [1.807, 2.05) is 0 Å². The molecule has 1 rings (SSSR count). The second-order valence-corrected chi connectivity index (χ2v) is 5.22. The Morgan fingerprint density at radius 1 is 1.50 bits per heavy atom. The molecule has 0 saturated carbocycles. The zero-order valence-corrected chi connectivity index (χ0v) is 12.4. The summed E-state index contributed by atoms with van der Waals surface area (Å²) in [5.41, 5.74) is 1.63. The van der Waals surface area contributed by atoms with Gasteiger partial charge >= 0.3 is 0 Å². The zero-order chi connectivity index (χ0) is 15.1. The van der Waals surface area contributed by atoms with Crippen LogP contribution in [0.1, 0.15) is 25.8 Å². The standard InChI is InChI=1S/C14H18ClN3O2/c1-11(2)10-17(7-3-6-16)14-5-4-13(18(19)20)8-12(14)9-15/h4-5,8,11H,3,7,9-10H2,1-2H3. The molecule has 5 nitrogen and oxygen atoms in total. The van der Waals surface area contributed by atoms with Gasteiger partial charge in [0.15, 0.2) is 0 Å². The van der Waals surface area contributed by atoms with Crippen LogP contribution in [0.2, 0.25) is 0 Å². The van der Waals surface area contributed by atoms with E-state index in [0.29, 0.717) is 18.9 Å². The minimum atomic E-state index is -0.429. The summed E-state index contributed by atoms with van der Waals surface area (Å²) in [5, 5.41) is 19.6. The highest BCUT2D eigenvalue weighted by Crippen LogP contribution is 2.27. The predicted octanol–water partition coefficient (Wildman–Crippen LogP) is 3.71. The highest BCUT2D eigenvalue weighted by atomic mass is 35.5. The van der Waals surface area contributed by atoms with Crippen LogP contribution < -0.4 is 4.90 Å². The number of rotatable bonds is 7. The molecule has 0 aliphatic heterocycles. The van der Waals surface area contributed by atoms with E-state index in [9.17, 15) is 10.1 Å². The molecule has 0 aliphatic carbocycles. The lowest BCUT2D eigenvalue weighted by Crippen LogP contribution is -2.29. The summed E-state index contributed by atoms with van der Waals surface area (Å²) < 4.78 is 0. The monoisotopic (exact) mass is 295 g/mol. The lowest BCUT2D eigenvalue weighted by atomic mass is 10.1. The molecule has 20 heavy (non-hydrogen) atoms. The van der Waals surface area contributed by atoms with Gasteiger partial charge in [-0.05, 0) is 17.5 Å². The van der Waals surface area contributed by atoms with E-state index in [0.717, 1.165) is 17.8 Å². The number of nitrogens with zero attached hydrogens (tertiary/aromatic N) is 3. The van der Waals surface area contributed by atoms with Crippen molar-refractivity contribution < 1.29 is 4.92 Å². The van der Waals surface area contributed by atoms with Crippen LogP contribution in [-0.2, 0) is 5.88 Å². The molecule has 0 radical (unpaired) electrons. The van der Waals surface area contributed by atoms with E-state index in [-0.39, 0.29) is 11.6 Å². The van der Waals surface area contributed by atoms with Crippen LogP contribution in [0.3, 0.4) is 0 Å². The van der Waals surface area contributed by atoms with Crippen LogP contribution in [0.4, 0.5) is 11.4 Å². The highest BCUT2D eigenvalue weighted by molar-refractivity contribution is 6.17. The van der Waals surface area contributed by atoms with Gasteiger partial charge in [-0.25, -0.2) is 0 Å². The fourth-order valence-corrected chi connectivity index (χ4v) is 2.25. The van der Waals surface area contributed by atoms with Crippen molar-refractivity contribution in [2.75, 3.05) is 18.0 Å². The van der Waals surface area contributed by atoms with Crippen LogP contribution in [0.5, 0.6) is 0 Å². The summed E-state index contributed by atoms with van der Waals surface area (Å²) in [6.07, 6.45) is 0.408. The molecule has 0 N–H and O–H groups in total. The average Bonchev–Trinajstić information content (AvgIpc) is 2.42. The van der Waals surface area contributed by atoms with Crippen LogP contribution in [0.25, 0.3) is 0 Å². The molecule has 0 aliphatic rings. The number of anilines is 1. The van der Waals surface area contributed by atoms with Crippen LogP contribution in [0, 0.1) is 27.4 Å². The smallest absolute Gasteiger partial charge is 0.269 e. The second-order valence-electron chi connectivity index (χ2n) is 4.95. The van der Waals surface area contributed by atoms with Crippen molar-refractivity contribution in [1.82, 2.24) is 0 Å². The van der Waals surface area contributed by atoms with Gasteiger partial charge in [0, 0.05) is 36.8 Å². The van der Waals surface area contributed by atoms with Gasteiger partial charge in [0.25, 0.3) is 5.69 Å². The van der Waals surface area contributed by atoms with Gasteiger partial charge in [0.2, 0.25) is 0 Å².